The fourth-order valence-corrected chi connectivity index (χ4v) is 2.86. The minimum atomic E-state index is -1.63. The molecule has 2 aromatic rings. The van der Waals surface area contributed by atoms with Crippen LogP contribution in [0.3, 0.4) is 0 Å². The van der Waals surface area contributed by atoms with Gasteiger partial charge in [0.25, 0.3) is 0 Å². The number of rotatable bonds is 3. The molecule has 4 heteroatoms. The lowest BCUT2D eigenvalue weighted by Gasteiger charge is -2.17. The van der Waals surface area contributed by atoms with Gasteiger partial charge in [0.1, 0.15) is 11.3 Å². The van der Waals surface area contributed by atoms with E-state index in [2.05, 4.69) is 4.99 Å². The molecule has 0 unspecified atom stereocenters. The smallest absolute Gasteiger partial charge is 0.336 e. The Kier molecular flexibility index (Phi) is 2.51. The van der Waals surface area contributed by atoms with E-state index in [0.29, 0.717) is 12.1 Å². The molecule has 0 fully saturated rings. The molecule has 4 rings (SSSR count). The van der Waals surface area contributed by atoms with E-state index in [0.717, 1.165) is 0 Å². The topological polar surface area (TPSA) is 62.8 Å². The maximum Gasteiger partial charge on any atom is 0.336 e. The van der Waals surface area contributed by atoms with Crippen molar-refractivity contribution in [1.29, 1.82) is 0 Å². The fourth-order valence-electron chi connectivity index (χ4n) is 2.86. The number of hydrogen-bond acceptors (Lipinski definition) is 3. The molecular formula is C23H19NO3. The number of carbonyl (C=O) groups is 1. The molecule has 2 aliphatic rings. The second-order valence-corrected chi connectivity index (χ2v) is 5.81. The summed E-state index contributed by atoms with van der Waals surface area (Å²) in [6.45, 7) is 3.64. The molecule has 27 heavy (non-hydrogen) atoms. The highest BCUT2D eigenvalue weighted by molar-refractivity contribution is 6.07. The number of fused-ring (bicyclic) bond motifs is 2. The summed E-state index contributed by atoms with van der Waals surface area (Å²) in [6, 6.07) is -1.08. The highest BCUT2D eigenvalue weighted by Gasteiger charge is 2.20. The highest BCUT2D eigenvalue weighted by Crippen LogP contribution is 2.41. The number of aromatic carboxylic acids is 1. The average Bonchev–Trinajstić information content (AvgIpc) is 2.80. The summed E-state index contributed by atoms with van der Waals surface area (Å²) in [5.41, 5.74) is -1.27. The summed E-state index contributed by atoms with van der Waals surface area (Å²) >= 11 is 0. The lowest BCUT2D eigenvalue weighted by Crippen LogP contribution is -2.05. The Bertz CT molecular complexity index is 1610. The lowest BCUT2D eigenvalue weighted by molar-refractivity contribution is 0.0697. The minimum absolute atomic E-state index is 0.0892. The molecule has 134 valence electrons. The normalized spacial score (nSPS) is 16.1. The number of hydrogen-bond donors (Lipinski definition) is 1. The van der Waals surface area contributed by atoms with Crippen LogP contribution in [0.1, 0.15) is 33.8 Å². The fraction of sp³-hybridized carbons (Fsp3) is 0.130. The van der Waals surface area contributed by atoms with Gasteiger partial charge in [0, 0.05) is 29.1 Å². The van der Waals surface area contributed by atoms with Crippen molar-refractivity contribution in [1.82, 2.24) is 0 Å². The molecule has 0 aromatic heterocycles. The van der Waals surface area contributed by atoms with Crippen molar-refractivity contribution in [2.24, 2.45) is 4.99 Å². The van der Waals surface area contributed by atoms with Gasteiger partial charge in [-0.05, 0) is 49.2 Å². The summed E-state index contributed by atoms with van der Waals surface area (Å²) in [7, 11) is 0. The van der Waals surface area contributed by atoms with Crippen LogP contribution in [0.5, 0.6) is 0 Å². The van der Waals surface area contributed by atoms with Crippen molar-refractivity contribution in [3.05, 3.63) is 77.0 Å². The van der Waals surface area contributed by atoms with Crippen molar-refractivity contribution in [2.45, 2.75) is 13.8 Å². The van der Waals surface area contributed by atoms with Crippen molar-refractivity contribution >= 4 is 16.9 Å². The van der Waals surface area contributed by atoms with E-state index in [4.69, 9.17) is 15.4 Å². The maximum atomic E-state index is 12.2. The minimum Gasteiger partial charge on any atom is -0.478 e. The van der Waals surface area contributed by atoms with Crippen molar-refractivity contribution < 1.29 is 25.3 Å². The molecule has 1 heterocycles. The standard InChI is InChI=1S/C23H19NO3/c1-3-24-15-9-11-19-21(13-15)27-20-12-14(2)8-10-18(20)22(19)16-6-4-5-7-17(16)23(25)26/h4-13H,3H2,1-2H3,(H,25,26)/i4D,5D,6D,7D,10D,11D,12D,13D. The Morgan fingerprint density at radius 3 is 2.74 bits per heavy atom. The zero-order valence-corrected chi connectivity index (χ0v) is 14.6. The second-order valence-electron chi connectivity index (χ2n) is 5.81. The van der Waals surface area contributed by atoms with Gasteiger partial charge in [0.2, 0.25) is 0 Å². The van der Waals surface area contributed by atoms with E-state index in [1.165, 1.54) is 12.1 Å². The van der Waals surface area contributed by atoms with Gasteiger partial charge in [-0.1, -0.05) is 30.2 Å². The average molecular weight is 365 g/mol. The van der Waals surface area contributed by atoms with Gasteiger partial charge in [0.15, 0.2) is 0 Å². The molecule has 0 amide bonds. The van der Waals surface area contributed by atoms with E-state index >= 15 is 0 Å². The summed E-state index contributed by atoms with van der Waals surface area (Å²) < 4.78 is 73.1. The first-order valence-electron chi connectivity index (χ1n) is 12.2. The van der Waals surface area contributed by atoms with E-state index < -0.39 is 41.3 Å². The van der Waals surface area contributed by atoms with Gasteiger partial charge in [-0.2, -0.15) is 0 Å². The molecule has 1 aliphatic carbocycles. The third-order valence-corrected chi connectivity index (χ3v) is 3.98. The first-order chi connectivity index (χ1) is 16.4. The maximum absolute atomic E-state index is 12.2. The molecule has 0 saturated carbocycles. The van der Waals surface area contributed by atoms with Crippen LogP contribution in [0.2, 0.25) is 0 Å². The molecular weight excluding hydrogens is 338 g/mol. The van der Waals surface area contributed by atoms with E-state index in [-0.39, 0.29) is 57.4 Å². The lowest BCUT2D eigenvalue weighted by atomic mass is 9.90. The molecule has 4 nitrogen and oxygen atoms in total. The van der Waals surface area contributed by atoms with Gasteiger partial charge in [-0.25, -0.2) is 4.79 Å². The van der Waals surface area contributed by atoms with E-state index in [9.17, 15) is 9.90 Å². The summed E-state index contributed by atoms with van der Waals surface area (Å²) in [4.78, 5) is 16.4. The monoisotopic (exact) mass is 365 g/mol. The molecule has 2 aromatic carbocycles. The highest BCUT2D eigenvalue weighted by atomic mass is 16.4. The Morgan fingerprint density at radius 2 is 1.96 bits per heavy atom. The Labute approximate surface area is 168 Å². The largest absolute Gasteiger partial charge is 0.478 e. The third-order valence-electron chi connectivity index (χ3n) is 3.98. The Balaban J connectivity index is 2.45. The summed E-state index contributed by atoms with van der Waals surface area (Å²) in [5.74, 6) is -1.83. The number of aryl methyl sites for hydroxylation is 1. The van der Waals surface area contributed by atoms with Crippen LogP contribution >= 0.6 is 0 Å². The van der Waals surface area contributed by atoms with Crippen LogP contribution < -0.4 is 5.36 Å². The molecule has 1 aliphatic heterocycles. The van der Waals surface area contributed by atoms with Crippen LogP contribution in [0.25, 0.3) is 33.4 Å². The number of carboxylic acids is 1. The number of carboxylic acid groups (broad SMARTS) is 1. The second kappa shape index (κ2) is 6.72. The number of nitrogens with zero attached hydrogens (tertiary/aromatic N) is 1. The predicted octanol–water partition coefficient (Wildman–Crippen LogP) is 5.13. The molecule has 0 atom stereocenters. The van der Waals surface area contributed by atoms with Crippen molar-refractivity contribution in [3.8, 4) is 22.5 Å². The van der Waals surface area contributed by atoms with Crippen molar-refractivity contribution in [3.63, 3.8) is 0 Å². The zero-order valence-electron chi connectivity index (χ0n) is 22.6. The van der Waals surface area contributed by atoms with Gasteiger partial charge >= 0.3 is 5.97 Å². The SMILES string of the molecule is [2H]c1cc(=NCC)c([2H])c2oc3c([2H])c(C)cc([2H])c3c(-c3c([2H])c([2H])c([2H])c([2H])c3C(=O)O)c1-2. The predicted molar refractivity (Wildman–Crippen MR) is 106 cm³/mol. The Hall–Kier alpha value is -3.40. The van der Waals surface area contributed by atoms with Crippen molar-refractivity contribution in [2.75, 3.05) is 6.54 Å². The molecule has 1 N–H and O–H groups in total. The van der Waals surface area contributed by atoms with Crippen LogP contribution in [0.4, 0.5) is 0 Å². The zero-order chi connectivity index (χ0) is 25.9. The van der Waals surface area contributed by atoms with Gasteiger partial charge in [-0.3, -0.25) is 4.99 Å². The van der Waals surface area contributed by atoms with Crippen LogP contribution in [-0.2, 0) is 0 Å². The molecule has 0 saturated heterocycles. The van der Waals surface area contributed by atoms with Gasteiger partial charge < -0.3 is 9.52 Å². The Morgan fingerprint density at radius 1 is 1.15 bits per heavy atom. The van der Waals surface area contributed by atoms with E-state index in [1.54, 1.807) is 13.8 Å². The molecule has 0 radical (unpaired) electrons. The van der Waals surface area contributed by atoms with Gasteiger partial charge in [-0.15, -0.1) is 0 Å². The van der Waals surface area contributed by atoms with Crippen LogP contribution in [0, 0.1) is 6.92 Å². The van der Waals surface area contributed by atoms with Crippen LogP contribution in [-0.4, -0.2) is 17.6 Å². The number of benzene rings is 3. The quantitative estimate of drug-likeness (QED) is 0.512. The third kappa shape index (κ3) is 2.99. The van der Waals surface area contributed by atoms with E-state index in [1.807, 2.05) is 0 Å². The molecule has 0 bridgehead atoms. The first kappa shape index (κ1) is 10.1. The summed E-state index contributed by atoms with van der Waals surface area (Å²) in [6.07, 6.45) is 0. The van der Waals surface area contributed by atoms with Crippen LogP contribution in [0.15, 0.2) is 69.9 Å². The molecule has 0 spiro atoms. The summed E-state index contributed by atoms with van der Waals surface area (Å²) in [5, 5.41) is 9.99. The van der Waals surface area contributed by atoms with Gasteiger partial charge in [0.05, 0.1) is 21.9 Å². The first-order valence-corrected chi connectivity index (χ1v) is 8.24.